The zero-order chi connectivity index (χ0) is 45.7. The van der Waals surface area contributed by atoms with Crippen molar-refractivity contribution < 1.29 is 0 Å². The summed E-state index contributed by atoms with van der Waals surface area (Å²) in [6, 6.07) is 78.5. The second kappa shape index (κ2) is 16.3. The summed E-state index contributed by atoms with van der Waals surface area (Å²) < 4.78 is 4.58. The van der Waals surface area contributed by atoms with Gasteiger partial charge in [-0.05, 0) is 101 Å². The van der Waals surface area contributed by atoms with Crippen molar-refractivity contribution in [3.63, 3.8) is 0 Å². The number of para-hydroxylation sites is 2. The lowest BCUT2D eigenvalue weighted by atomic mass is 10.0. The predicted molar refractivity (Wildman–Crippen MR) is 272 cm³/mol. The molecule has 3 heterocycles. The van der Waals surface area contributed by atoms with Crippen LogP contribution in [0.4, 0.5) is 0 Å². The third-order valence-electron chi connectivity index (χ3n) is 12.9. The number of nitriles is 3. The molecule has 0 aliphatic heterocycles. The highest BCUT2D eigenvalue weighted by Gasteiger charge is 2.24. The number of benzene rings is 9. The van der Waals surface area contributed by atoms with E-state index >= 15 is 0 Å². The van der Waals surface area contributed by atoms with Gasteiger partial charge in [-0.2, -0.15) is 15.8 Å². The highest BCUT2D eigenvalue weighted by molar-refractivity contribution is 6.13. The van der Waals surface area contributed by atoms with Crippen LogP contribution < -0.4 is 0 Å². The molecule has 0 fully saturated rings. The van der Waals surface area contributed by atoms with Gasteiger partial charge < -0.3 is 9.13 Å². The maximum atomic E-state index is 11.3. The summed E-state index contributed by atoms with van der Waals surface area (Å²) >= 11 is 0. The van der Waals surface area contributed by atoms with Crippen molar-refractivity contribution in [3.05, 3.63) is 229 Å². The molecule has 0 saturated carbocycles. The Hall–Kier alpha value is -9.87. The van der Waals surface area contributed by atoms with Crippen molar-refractivity contribution in [2.24, 2.45) is 0 Å². The lowest BCUT2D eigenvalue weighted by molar-refractivity contribution is 1.09. The van der Waals surface area contributed by atoms with E-state index in [2.05, 4.69) is 118 Å². The molecule has 0 spiro atoms. The molecule has 3 aromatic heterocycles. The number of aromatic nitrogens is 4. The van der Waals surface area contributed by atoms with Crippen LogP contribution >= 0.6 is 0 Å². The molecule has 12 rings (SSSR count). The number of hydrogen-bond donors (Lipinski definition) is 0. The summed E-state index contributed by atoms with van der Waals surface area (Å²) in [5, 5.41) is 34.5. The van der Waals surface area contributed by atoms with E-state index in [1.54, 1.807) is 0 Å². The van der Waals surface area contributed by atoms with Gasteiger partial charge in [-0.15, -0.1) is 0 Å². The second-order valence-electron chi connectivity index (χ2n) is 16.7. The molecular formula is C61H35N7. The van der Waals surface area contributed by atoms with Gasteiger partial charge in [0.25, 0.3) is 0 Å². The molecule has 0 radical (unpaired) electrons. The molecule has 0 aliphatic carbocycles. The topological polar surface area (TPSA) is 107 Å². The quantitative estimate of drug-likeness (QED) is 0.159. The predicted octanol–water partition coefficient (Wildman–Crippen LogP) is 14.6. The van der Waals surface area contributed by atoms with Crippen molar-refractivity contribution in [2.75, 3.05) is 0 Å². The van der Waals surface area contributed by atoms with Crippen molar-refractivity contribution in [1.82, 2.24) is 19.1 Å². The van der Waals surface area contributed by atoms with Crippen LogP contribution in [0.1, 0.15) is 16.7 Å². The second-order valence-corrected chi connectivity index (χ2v) is 16.7. The highest BCUT2D eigenvalue weighted by atomic mass is 15.1. The third kappa shape index (κ3) is 6.65. The van der Waals surface area contributed by atoms with Gasteiger partial charge >= 0.3 is 0 Å². The molecule has 314 valence electrons. The van der Waals surface area contributed by atoms with Gasteiger partial charge in [0.2, 0.25) is 0 Å². The van der Waals surface area contributed by atoms with Gasteiger partial charge in [0, 0.05) is 38.2 Å². The number of fused-ring (bicyclic) bond motifs is 6. The van der Waals surface area contributed by atoms with E-state index in [1.807, 2.05) is 121 Å². The lowest BCUT2D eigenvalue weighted by Gasteiger charge is -2.19. The van der Waals surface area contributed by atoms with Crippen molar-refractivity contribution in [2.45, 2.75) is 0 Å². The fourth-order valence-electron chi connectivity index (χ4n) is 9.59. The van der Waals surface area contributed by atoms with Crippen LogP contribution in [-0.4, -0.2) is 19.1 Å². The van der Waals surface area contributed by atoms with Crippen LogP contribution in [0.15, 0.2) is 212 Å². The van der Waals surface area contributed by atoms with E-state index in [9.17, 15) is 15.8 Å². The van der Waals surface area contributed by atoms with Gasteiger partial charge in [0.05, 0.1) is 79.7 Å². The zero-order valence-corrected chi connectivity index (χ0v) is 36.3. The van der Waals surface area contributed by atoms with Crippen LogP contribution in [-0.2, 0) is 0 Å². The minimum Gasteiger partial charge on any atom is -0.307 e. The Morgan fingerprint density at radius 3 is 1.19 bits per heavy atom. The van der Waals surface area contributed by atoms with E-state index in [-0.39, 0.29) is 0 Å². The van der Waals surface area contributed by atoms with Gasteiger partial charge in [-0.1, -0.05) is 133 Å². The first kappa shape index (κ1) is 39.7. The van der Waals surface area contributed by atoms with Crippen LogP contribution in [0, 0.1) is 34.0 Å². The summed E-state index contributed by atoms with van der Waals surface area (Å²) in [6.07, 6.45) is 0. The molecular weight excluding hydrogens is 831 g/mol. The number of nitrogens with zero attached hydrogens (tertiary/aromatic N) is 7. The lowest BCUT2D eigenvalue weighted by Crippen LogP contribution is -2.06. The Bertz CT molecular complexity index is 4030. The number of rotatable bonds is 7. The molecule has 0 saturated heterocycles. The minimum atomic E-state index is 0.428. The first-order valence-corrected chi connectivity index (χ1v) is 22.2. The first-order valence-electron chi connectivity index (χ1n) is 22.2. The molecule has 7 nitrogen and oxygen atoms in total. The molecule has 0 aliphatic rings. The maximum Gasteiger partial charge on any atom is 0.161 e. The van der Waals surface area contributed by atoms with Gasteiger partial charge in [-0.3, -0.25) is 0 Å². The summed E-state index contributed by atoms with van der Waals surface area (Å²) in [4.78, 5) is 10.5. The van der Waals surface area contributed by atoms with E-state index in [0.29, 0.717) is 28.1 Å². The summed E-state index contributed by atoms with van der Waals surface area (Å²) in [5.41, 5.74) is 15.3. The third-order valence-corrected chi connectivity index (χ3v) is 12.9. The van der Waals surface area contributed by atoms with Crippen LogP contribution in [0.25, 0.3) is 111 Å². The molecule has 12 aromatic rings. The molecule has 0 unspecified atom stereocenters. The van der Waals surface area contributed by atoms with Crippen molar-refractivity contribution in [3.8, 4) is 85.7 Å². The first-order chi connectivity index (χ1) is 33.6. The Labute approximate surface area is 391 Å². The van der Waals surface area contributed by atoms with Crippen molar-refractivity contribution in [1.29, 1.82) is 15.8 Å². The Morgan fingerprint density at radius 1 is 0.324 bits per heavy atom. The van der Waals surface area contributed by atoms with Crippen LogP contribution in [0.3, 0.4) is 0 Å². The van der Waals surface area contributed by atoms with E-state index in [4.69, 9.17) is 9.97 Å². The Morgan fingerprint density at radius 2 is 0.735 bits per heavy atom. The smallest absolute Gasteiger partial charge is 0.161 e. The Kier molecular flexibility index (Phi) is 9.51. The van der Waals surface area contributed by atoms with E-state index in [1.165, 1.54) is 0 Å². The minimum absolute atomic E-state index is 0.428. The molecule has 9 aromatic carbocycles. The molecule has 0 atom stereocenters. The fraction of sp³-hybridized carbons (Fsp3) is 0. The van der Waals surface area contributed by atoms with Gasteiger partial charge in [0.15, 0.2) is 5.82 Å². The molecule has 68 heavy (non-hydrogen) atoms. The SMILES string of the molecule is N#Cc1ccc(-c2ccc3c(c2)c2ccccc2n3-c2cc(C#N)c(-c3nc(-c4ccccc4)cc(-c4ccccc4)n3)cc2-n2c3ccccc3c3cc(-c4ccc(C#N)cc4)ccc32)cc1. The molecule has 0 N–H and O–H groups in total. The van der Waals surface area contributed by atoms with Crippen LogP contribution in [0.2, 0.25) is 0 Å². The Balaban J connectivity index is 1.17. The number of hydrogen-bond acceptors (Lipinski definition) is 5. The van der Waals surface area contributed by atoms with Gasteiger partial charge in [-0.25, -0.2) is 9.97 Å². The molecule has 0 bridgehead atoms. The van der Waals surface area contributed by atoms with E-state index < -0.39 is 0 Å². The fourth-order valence-corrected chi connectivity index (χ4v) is 9.59. The largest absolute Gasteiger partial charge is 0.307 e. The zero-order valence-electron chi connectivity index (χ0n) is 36.3. The van der Waals surface area contributed by atoms with Crippen molar-refractivity contribution >= 4 is 43.6 Å². The summed E-state index contributed by atoms with van der Waals surface area (Å²) in [5.74, 6) is 0.438. The van der Waals surface area contributed by atoms with Crippen LogP contribution in [0.5, 0.6) is 0 Å². The average Bonchev–Trinajstić information content (AvgIpc) is 3.93. The average molecular weight is 866 g/mol. The van der Waals surface area contributed by atoms with Gasteiger partial charge in [0.1, 0.15) is 0 Å². The molecule has 0 amide bonds. The standard InChI is InChI=1S/C61H35N7/c62-36-39-19-23-41(24-20-39)45-27-29-57-51(31-45)48-15-7-9-17-55(48)67(57)59-33-47(38-64)50(61-65-53(43-11-3-1-4-12-43)35-54(66-61)44-13-5-2-6-14-44)34-60(59)68-56-18-10-8-16-49(56)52-32-46(28-30-58(52)68)42-25-21-40(37-63)22-26-42/h1-35H. The summed E-state index contributed by atoms with van der Waals surface area (Å²) in [7, 11) is 0. The monoisotopic (exact) mass is 865 g/mol. The highest BCUT2D eigenvalue weighted by Crippen LogP contribution is 2.42. The van der Waals surface area contributed by atoms with E-state index in [0.717, 1.165) is 99.8 Å². The molecule has 7 heteroatoms. The summed E-state index contributed by atoms with van der Waals surface area (Å²) in [6.45, 7) is 0. The maximum absolute atomic E-state index is 11.3. The normalized spacial score (nSPS) is 11.2.